The van der Waals surface area contributed by atoms with Crippen LogP contribution in [0.15, 0.2) is 29.4 Å². The molecule has 0 unspecified atom stereocenters. The summed E-state index contributed by atoms with van der Waals surface area (Å²) in [6.45, 7) is 0.331. The van der Waals surface area contributed by atoms with Crippen LogP contribution in [0, 0.1) is 0 Å². The molecule has 2 aromatic rings. The van der Waals surface area contributed by atoms with E-state index in [1.54, 1.807) is 6.20 Å². The van der Waals surface area contributed by atoms with E-state index < -0.39 is 0 Å². The number of H-pyrrole nitrogens is 1. The summed E-state index contributed by atoms with van der Waals surface area (Å²) in [5.41, 5.74) is 1.87. The minimum Gasteiger partial charge on any atom is -0.359 e. The average molecular weight is 207 g/mol. The first-order chi connectivity index (χ1) is 6.83. The molecule has 1 aromatic carbocycles. The zero-order valence-corrected chi connectivity index (χ0v) is 8.01. The summed E-state index contributed by atoms with van der Waals surface area (Å²) in [7, 11) is 0. The minimum atomic E-state index is 0.331. The Labute approximate surface area is 85.4 Å². The Kier molecular flexibility index (Phi) is 2.35. The van der Waals surface area contributed by atoms with Gasteiger partial charge in [-0.2, -0.15) is 0 Å². The van der Waals surface area contributed by atoms with Crippen molar-refractivity contribution in [3.8, 4) is 0 Å². The molecule has 0 spiro atoms. The van der Waals surface area contributed by atoms with Gasteiger partial charge >= 0.3 is 0 Å². The summed E-state index contributed by atoms with van der Waals surface area (Å²) < 4.78 is 0. The Morgan fingerprint density at radius 1 is 1.50 bits per heavy atom. The van der Waals surface area contributed by atoms with E-state index in [1.165, 1.54) is 6.08 Å². The van der Waals surface area contributed by atoms with Crippen LogP contribution in [0.1, 0.15) is 5.56 Å². The first-order valence-electron chi connectivity index (χ1n) is 4.11. The Morgan fingerprint density at radius 2 is 2.36 bits per heavy atom. The molecule has 0 fully saturated rings. The predicted molar refractivity (Wildman–Crippen MR) is 55.1 cm³/mol. The Bertz CT molecular complexity index is 512. The number of halogens is 1. The second-order valence-corrected chi connectivity index (χ2v) is 3.29. The van der Waals surface area contributed by atoms with Crippen LogP contribution in [0.3, 0.4) is 0 Å². The van der Waals surface area contributed by atoms with Crippen molar-refractivity contribution in [3.05, 3.63) is 35.0 Å². The SMILES string of the molecule is O=C=NCc1cccc2c(Cl)c[nH]c12. The molecule has 0 aliphatic heterocycles. The van der Waals surface area contributed by atoms with Crippen molar-refractivity contribution in [2.45, 2.75) is 6.54 Å². The number of nitrogens with zero attached hydrogens (tertiary/aromatic N) is 1. The normalized spacial score (nSPS) is 10.1. The summed E-state index contributed by atoms with van der Waals surface area (Å²) in [5.74, 6) is 0. The van der Waals surface area contributed by atoms with Crippen LogP contribution >= 0.6 is 11.6 Å². The number of aromatic amines is 1. The van der Waals surface area contributed by atoms with Crippen molar-refractivity contribution in [3.63, 3.8) is 0 Å². The van der Waals surface area contributed by atoms with Gasteiger partial charge in [-0.15, -0.1) is 0 Å². The van der Waals surface area contributed by atoms with E-state index in [4.69, 9.17) is 11.6 Å². The van der Waals surface area contributed by atoms with E-state index in [9.17, 15) is 4.79 Å². The van der Waals surface area contributed by atoms with Crippen molar-refractivity contribution in [2.24, 2.45) is 4.99 Å². The van der Waals surface area contributed by atoms with Crippen molar-refractivity contribution in [1.82, 2.24) is 4.98 Å². The third-order valence-electron chi connectivity index (χ3n) is 2.07. The summed E-state index contributed by atoms with van der Waals surface area (Å²) in [6, 6.07) is 5.70. The fourth-order valence-electron chi connectivity index (χ4n) is 1.43. The molecule has 0 radical (unpaired) electrons. The summed E-state index contributed by atoms with van der Waals surface area (Å²) in [5, 5.41) is 1.63. The quantitative estimate of drug-likeness (QED) is 0.596. The highest BCUT2D eigenvalue weighted by molar-refractivity contribution is 6.35. The second kappa shape index (κ2) is 3.66. The molecule has 0 amide bonds. The molecule has 0 saturated heterocycles. The summed E-state index contributed by atoms with van der Waals surface area (Å²) >= 11 is 5.94. The molecule has 2 rings (SSSR count). The molecular formula is C10H7ClN2O. The molecule has 0 atom stereocenters. The first-order valence-corrected chi connectivity index (χ1v) is 4.49. The van der Waals surface area contributed by atoms with Gasteiger partial charge in [0.2, 0.25) is 6.08 Å². The van der Waals surface area contributed by atoms with Gasteiger partial charge in [0.1, 0.15) is 0 Å². The second-order valence-electron chi connectivity index (χ2n) is 2.88. The maximum absolute atomic E-state index is 9.99. The highest BCUT2D eigenvalue weighted by Crippen LogP contribution is 2.25. The first kappa shape index (κ1) is 9.00. The monoisotopic (exact) mass is 206 g/mol. The average Bonchev–Trinajstić information content (AvgIpc) is 2.58. The van der Waals surface area contributed by atoms with Crippen LogP contribution in [-0.2, 0) is 11.3 Å². The van der Waals surface area contributed by atoms with Gasteiger partial charge in [-0.25, -0.2) is 9.79 Å². The molecule has 3 nitrogen and oxygen atoms in total. The number of hydrogen-bond acceptors (Lipinski definition) is 2. The van der Waals surface area contributed by atoms with Crippen LogP contribution in [0.25, 0.3) is 10.9 Å². The van der Waals surface area contributed by atoms with Gasteiger partial charge in [0, 0.05) is 11.6 Å². The van der Waals surface area contributed by atoms with Gasteiger partial charge in [0.15, 0.2) is 0 Å². The lowest BCUT2D eigenvalue weighted by Crippen LogP contribution is -1.82. The highest BCUT2D eigenvalue weighted by Gasteiger charge is 2.04. The number of para-hydroxylation sites is 1. The fourth-order valence-corrected chi connectivity index (χ4v) is 1.64. The Morgan fingerprint density at radius 3 is 3.14 bits per heavy atom. The van der Waals surface area contributed by atoms with Crippen LogP contribution in [0.2, 0.25) is 5.02 Å². The number of aromatic nitrogens is 1. The molecule has 70 valence electrons. The van der Waals surface area contributed by atoms with Gasteiger partial charge in [-0.1, -0.05) is 29.8 Å². The number of nitrogens with one attached hydrogen (secondary N) is 1. The molecule has 0 aliphatic rings. The van der Waals surface area contributed by atoms with E-state index in [0.717, 1.165) is 16.5 Å². The molecular weight excluding hydrogens is 200 g/mol. The van der Waals surface area contributed by atoms with Crippen molar-refractivity contribution in [1.29, 1.82) is 0 Å². The van der Waals surface area contributed by atoms with Gasteiger partial charge < -0.3 is 4.98 Å². The van der Waals surface area contributed by atoms with E-state index in [1.807, 2.05) is 18.2 Å². The standard InChI is InChI=1S/C10H7ClN2O/c11-9-5-13-10-7(4-12-6-14)2-1-3-8(9)10/h1-3,5,13H,4H2. The molecule has 1 heterocycles. The van der Waals surface area contributed by atoms with Crippen LogP contribution in [0.4, 0.5) is 0 Å². The zero-order valence-electron chi connectivity index (χ0n) is 7.25. The number of benzene rings is 1. The fraction of sp³-hybridized carbons (Fsp3) is 0.100. The molecule has 0 saturated carbocycles. The van der Waals surface area contributed by atoms with Crippen LogP contribution in [-0.4, -0.2) is 11.1 Å². The van der Waals surface area contributed by atoms with Gasteiger partial charge in [0.25, 0.3) is 0 Å². The minimum absolute atomic E-state index is 0.331. The van der Waals surface area contributed by atoms with E-state index >= 15 is 0 Å². The summed E-state index contributed by atoms with van der Waals surface area (Å²) in [4.78, 5) is 16.6. The Balaban J connectivity index is 2.59. The largest absolute Gasteiger partial charge is 0.359 e. The lowest BCUT2D eigenvalue weighted by Gasteiger charge is -1.97. The number of aliphatic imine (C=N–C) groups is 1. The number of carbonyl (C=O) groups excluding carboxylic acids is 1. The van der Waals surface area contributed by atoms with Crippen LogP contribution < -0.4 is 0 Å². The van der Waals surface area contributed by atoms with Crippen molar-refractivity contribution >= 4 is 28.6 Å². The van der Waals surface area contributed by atoms with Crippen LogP contribution in [0.5, 0.6) is 0 Å². The number of rotatable bonds is 2. The molecule has 0 aliphatic carbocycles. The van der Waals surface area contributed by atoms with E-state index in [2.05, 4.69) is 9.98 Å². The topological polar surface area (TPSA) is 45.2 Å². The third-order valence-corrected chi connectivity index (χ3v) is 2.38. The highest BCUT2D eigenvalue weighted by atomic mass is 35.5. The predicted octanol–water partition coefficient (Wildman–Crippen LogP) is 2.66. The molecule has 4 heteroatoms. The number of isocyanates is 1. The maximum atomic E-state index is 9.99. The maximum Gasteiger partial charge on any atom is 0.235 e. The number of hydrogen-bond donors (Lipinski definition) is 1. The summed E-state index contributed by atoms with van der Waals surface area (Å²) in [6.07, 6.45) is 3.24. The van der Waals surface area contributed by atoms with Crippen molar-refractivity contribution in [2.75, 3.05) is 0 Å². The van der Waals surface area contributed by atoms with Gasteiger partial charge in [0.05, 0.1) is 17.1 Å². The zero-order chi connectivity index (χ0) is 9.97. The Hall–Kier alpha value is -1.57. The smallest absolute Gasteiger partial charge is 0.235 e. The van der Waals surface area contributed by atoms with Gasteiger partial charge in [-0.05, 0) is 5.56 Å². The lowest BCUT2D eigenvalue weighted by atomic mass is 10.1. The number of fused-ring (bicyclic) bond motifs is 1. The van der Waals surface area contributed by atoms with Gasteiger partial charge in [-0.3, -0.25) is 0 Å². The van der Waals surface area contributed by atoms with E-state index in [-0.39, 0.29) is 0 Å². The molecule has 1 N–H and O–H groups in total. The third kappa shape index (κ3) is 1.43. The van der Waals surface area contributed by atoms with E-state index in [0.29, 0.717) is 11.6 Å². The molecule has 1 aromatic heterocycles. The lowest BCUT2D eigenvalue weighted by molar-refractivity contribution is 0.563. The molecule has 14 heavy (non-hydrogen) atoms. The molecule has 0 bridgehead atoms. The van der Waals surface area contributed by atoms with Crippen molar-refractivity contribution < 1.29 is 4.79 Å².